The van der Waals surface area contributed by atoms with Crippen molar-refractivity contribution >= 4 is 23.5 Å². The number of carbonyl (C=O) groups is 1. The smallest absolute Gasteiger partial charge is 0.227 e. The maximum atomic E-state index is 14.9. The quantitative estimate of drug-likeness (QED) is 0.172. The van der Waals surface area contributed by atoms with Gasteiger partial charge in [0, 0.05) is 51.9 Å². The minimum Gasteiger partial charge on any atom is -0.493 e. The highest BCUT2D eigenvalue weighted by molar-refractivity contribution is 6.30. The number of ether oxygens (including phenoxy) is 1. The van der Waals surface area contributed by atoms with Gasteiger partial charge in [-0.3, -0.25) is 9.69 Å². The first kappa shape index (κ1) is 36.6. The molecule has 1 aliphatic carbocycles. The fourth-order valence-electron chi connectivity index (χ4n) is 7.30. The first-order chi connectivity index (χ1) is 23.1. The van der Waals surface area contributed by atoms with Crippen molar-refractivity contribution in [3.05, 3.63) is 47.0 Å². The predicted octanol–water partition coefficient (Wildman–Crippen LogP) is 1.64. The van der Waals surface area contributed by atoms with Crippen LogP contribution in [-0.4, -0.2) is 135 Å². The zero-order valence-electron chi connectivity index (χ0n) is 27.3. The van der Waals surface area contributed by atoms with Gasteiger partial charge < -0.3 is 40.1 Å². The molecule has 4 atom stereocenters. The monoisotopic (exact) mass is 693 g/mol. The summed E-state index contributed by atoms with van der Waals surface area (Å²) in [6, 6.07) is 4.64. The number of rotatable bonds is 15. The fourth-order valence-corrected chi connectivity index (χ4v) is 7.40. The van der Waals surface area contributed by atoms with Crippen molar-refractivity contribution in [3.63, 3.8) is 0 Å². The van der Waals surface area contributed by atoms with Crippen LogP contribution in [0.4, 0.5) is 10.3 Å². The second kappa shape index (κ2) is 16.8. The molecule has 3 fully saturated rings. The van der Waals surface area contributed by atoms with E-state index in [4.69, 9.17) is 21.4 Å². The maximum absolute atomic E-state index is 14.9. The molecule has 0 bridgehead atoms. The maximum Gasteiger partial charge on any atom is 0.227 e. The van der Waals surface area contributed by atoms with Gasteiger partial charge in [0.15, 0.2) is 0 Å². The summed E-state index contributed by atoms with van der Waals surface area (Å²) in [5.41, 5.74) is 0.765. The molecule has 2 aliphatic heterocycles. The third-order valence-corrected chi connectivity index (χ3v) is 10.5. The van der Waals surface area contributed by atoms with Gasteiger partial charge in [-0.15, -0.1) is 0 Å². The van der Waals surface area contributed by atoms with Crippen LogP contribution in [0.3, 0.4) is 0 Å². The van der Waals surface area contributed by atoms with Crippen LogP contribution in [-0.2, 0) is 11.2 Å². The molecule has 48 heavy (non-hydrogen) atoms. The first-order valence-corrected chi connectivity index (χ1v) is 17.4. The Labute approximate surface area is 286 Å². The number of benzene rings is 1. The van der Waals surface area contributed by atoms with Crippen molar-refractivity contribution in [2.75, 3.05) is 63.9 Å². The van der Waals surface area contributed by atoms with Gasteiger partial charge in [-0.05, 0) is 61.5 Å². The lowest BCUT2D eigenvalue weighted by Crippen LogP contribution is -2.54. The number of hydrogen-bond donors (Lipinski definition) is 5. The molecule has 12 nitrogen and oxygen atoms in total. The summed E-state index contributed by atoms with van der Waals surface area (Å²) in [4.78, 5) is 27.3. The number of β-amino-alcohol motifs (C(OH)–C–C–N with tert-alkyl or cyclic N) is 1. The van der Waals surface area contributed by atoms with Gasteiger partial charge in [-0.2, -0.15) is 0 Å². The number of carbonyl (C=O) groups excluding carboxylic acids is 1. The van der Waals surface area contributed by atoms with Gasteiger partial charge in [0.1, 0.15) is 29.9 Å². The number of aliphatic hydroxyl groups excluding tert-OH is 5. The van der Waals surface area contributed by atoms with Gasteiger partial charge >= 0.3 is 0 Å². The van der Waals surface area contributed by atoms with Crippen LogP contribution in [0.15, 0.2) is 30.6 Å². The number of aliphatic hydroxyl groups is 5. The normalized spacial score (nSPS) is 21.1. The topological polar surface area (TPSA) is 163 Å². The van der Waals surface area contributed by atoms with Gasteiger partial charge in [0.2, 0.25) is 11.9 Å². The zero-order valence-corrected chi connectivity index (χ0v) is 28.1. The molecule has 5 rings (SSSR count). The lowest BCUT2D eigenvalue weighted by molar-refractivity contribution is -0.134. The van der Waals surface area contributed by atoms with Crippen molar-refractivity contribution in [3.8, 4) is 5.75 Å². The fraction of sp³-hybridized carbons (Fsp3) is 0.676. The number of nitrogens with zero attached hydrogens (tertiary/aromatic N) is 5. The first-order valence-electron chi connectivity index (χ1n) is 17.0. The van der Waals surface area contributed by atoms with Crippen molar-refractivity contribution in [2.45, 2.75) is 75.8 Å². The van der Waals surface area contributed by atoms with E-state index in [1.54, 1.807) is 29.4 Å². The summed E-state index contributed by atoms with van der Waals surface area (Å²) in [6.07, 6.45) is 5.06. The molecule has 266 valence electrons. The highest BCUT2D eigenvalue weighted by Gasteiger charge is 2.45. The standard InChI is InChI=1S/C34H49ClFN5O7/c35-25-19-37-33(38-20-25)41-8-6-34(7-9-41)17-23(18-34)3-1-2-14-48-26-5-4-24(27(36)16-26)15-30(45)40-12-10-39(11-13-40)21-28(43)31(46)32(47)29(44)22-42/h4-5,16,19-20,23,28-29,31-32,42-44,46-47H,1-3,6-15,17-18,21-22H2/t28-,29+,31+,32+/m0/s1. The van der Waals surface area contributed by atoms with Crippen molar-refractivity contribution < 1.29 is 39.5 Å². The van der Waals surface area contributed by atoms with Crippen LogP contribution in [0.5, 0.6) is 5.75 Å². The molecule has 0 radical (unpaired) electrons. The average molecular weight is 694 g/mol. The van der Waals surface area contributed by atoms with Gasteiger partial charge in [-0.1, -0.05) is 24.1 Å². The van der Waals surface area contributed by atoms with E-state index < -0.39 is 36.8 Å². The van der Waals surface area contributed by atoms with E-state index in [9.17, 15) is 29.6 Å². The molecule has 0 unspecified atom stereocenters. The largest absolute Gasteiger partial charge is 0.493 e. The van der Waals surface area contributed by atoms with E-state index in [-0.39, 0.29) is 18.9 Å². The molecule has 1 spiro atoms. The van der Waals surface area contributed by atoms with E-state index in [1.807, 2.05) is 4.90 Å². The van der Waals surface area contributed by atoms with Crippen LogP contribution in [0.1, 0.15) is 50.5 Å². The van der Waals surface area contributed by atoms with Gasteiger partial charge in [-0.25, -0.2) is 14.4 Å². The Hall–Kier alpha value is -2.65. The minimum atomic E-state index is -1.68. The number of unbranched alkanes of at least 4 members (excludes halogenated alkanes) is 1. The molecule has 2 aromatic rings. The SMILES string of the molecule is O=C(Cc1ccc(OCCCCC2CC3(CCN(c4ncc(Cl)cn4)CC3)C2)cc1F)N1CCN(C[C@H](O)[C@@H](O)[C@H](O)[C@H](O)CO)CC1. The molecule has 1 aromatic heterocycles. The number of hydrogen-bond acceptors (Lipinski definition) is 11. The second-order valence-corrected chi connectivity index (χ2v) is 14.2. The second-order valence-electron chi connectivity index (χ2n) is 13.7. The Morgan fingerprint density at radius 1 is 0.979 bits per heavy atom. The van der Waals surface area contributed by atoms with E-state index in [0.29, 0.717) is 54.5 Å². The molecule has 1 amide bonds. The molecular weight excluding hydrogens is 645 g/mol. The third-order valence-electron chi connectivity index (χ3n) is 10.3. The Bertz CT molecular complexity index is 1320. The summed E-state index contributed by atoms with van der Waals surface area (Å²) in [7, 11) is 0. The molecule has 5 N–H and O–H groups in total. The number of amides is 1. The van der Waals surface area contributed by atoms with Gasteiger partial charge in [0.05, 0.1) is 43.2 Å². The highest BCUT2D eigenvalue weighted by Crippen LogP contribution is 2.54. The summed E-state index contributed by atoms with van der Waals surface area (Å²) < 4.78 is 20.7. The predicted molar refractivity (Wildman–Crippen MR) is 177 cm³/mol. The number of aromatic nitrogens is 2. The number of anilines is 1. The third kappa shape index (κ3) is 9.52. The van der Waals surface area contributed by atoms with E-state index >= 15 is 0 Å². The van der Waals surface area contributed by atoms with Crippen LogP contribution < -0.4 is 9.64 Å². The van der Waals surface area contributed by atoms with Crippen molar-refractivity contribution in [1.29, 1.82) is 0 Å². The van der Waals surface area contributed by atoms with Gasteiger partial charge in [0.25, 0.3) is 0 Å². The molecule has 1 aromatic carbocycles. The summed E-state index contributed by atoms with van der Waals surface area (Å²) in [6.45, 7) is 3.34. The molecule has 1 saturated carbocycles. The van der Waals surface area contributed by atoms with E-state index in [1.165, 1.54) is 38.2 Å². The van der Waals surface area contributed by atoms with Crippen LogP contribution in [0.25, 0.3) is 0 Å². The summed E-state index contributed by atoms with van der Waals surface area (Å²) in [5.74, 6) is 1.28. The molecule has 2 saturated heterocycles. The Kier molecular flexibility index (Phi) is 12.8. The number of halogens is 2. The Morgan fingerprint density at radius 2 is 1.65 bits per heavy atom. The molecule has 14 heteroatoms. The van der Waals surface area contributed by atoms with E-state index in [2.05, 4.69) is 14.9 Å². The molecule has 3 heterocycles. The van der Waals surface area contributed by atoms with Crippen LogP contribution in [0, 0.1) is 17.2 Å². The number of piperidine rings is 1. The molecule has 3 aliphatic rings. The lowest BCUT2D eigenvalue weighted by atomic mass is 9.56. The molecular formula is C34H49ClFN5O7. The van der Waals surface area contributed by atoms with E-state index in [0.717, 1.165) is 37.8 Å². The zero-order chi connectivity index (χ0) is 34.3. The average Bonchev–Trinajstić information content (AvgIpc) is 3.08. The number of piperazine rings is 1. The lowest BCUT2D eigenvalue weighted by Gasteiger charge is -2.52. The summed E-state index contributed by atoms with van der Waals surface area (Å²) in [5, 5.41) is 49.0. The van der Waals surface area contributed by atoms with Crippen LogP contribution in [0.2, 0.25) is 5.02 Å². The van der Waals surface area contributed by atoms with Crippen molar-refractivity contribution in [2.24, 2.45) is 11.3 Å². The highest BCUT2D eigenvalue weighted by atomic mass is 35.5. The minimum absolute atomic E-state index is 0.0255. The summed E-state index contributed by atoms with van der Waals surface area (Å²) >= 11 is 5.92. The Morgan fingerprint density at radius 3 is 2.29 bits per heavy atom. The van der Waals surface area contributed by atoms with Crippen LogP contribution >= 0.6 is 11.6 Å². The van der Waals surface area contributed by atoms with Crippen molar-refractivity contribution in [1.82, 2.24) is 19.8 Å². The Balaban J connectivity index is 0.939.